The standard InChI is InChI=1S/C19H26N2O4/c22-18(11-14-4-2-1-3-5-14)21-13-19(23)20-12-15-6-7-16-17(10-15)25-9-8-24-16/h6-7,10,14H,1-5,8-9,11-13H2,(H,20,23)(H,21,22). The summed E-state index contributed by atoms with van der Waals surface area (Å²) in [7, 11) is 0. The summed E-state index contributed by atoms with van der Waals surface area (Å²) in [5, 5.41) is 5.53. The van der Waals surface area contributed by atoms with Gasteiger partial charge in [0.2, 0.25) is 11.8 Å². The van der Waals surface area contributed by atoms with Gasteiger partial charge in [-0.05, 0) is 36.5 Å². The Morgan fingerprint density at radius 1 is 0.960 bits per heavy atom. The molecule has 1 heterocycles. The van der Waals surface area contributed by atoms with Crippen LogP contribution in [-0.2, 0) is 16.1 Å². The van der Waals surface area contributed by atoms with Crippen LogP contribution in [0, 0.1) is 5.92 Å². The molecular formula is C19H26N2O4. The molecule has 0 saturated heterocycles. The van der Waals surface area contributed by atoms with Gasteiger partial charge in [-0.25, -0.2) is 0 Å². The van der Waals surface area contributed by atoms with Crippen LogP contribution in [0.5, 0.6) is 11.5 Å². The normalized spacial score (nSPS) is 17.0. The summed E-state index contributed by atoms with van der Waals surface area (Å²) < 4.78 is 11.0. The summed E-state index contributed by atoms with van der Waals surface area (Å²) in [6.45, 7) is 1.52. The molecule has 25 heavy (non-hydrogen) atoms. The Morgan fingerprint density at radius 2 is 1.72 bits per heavy atom. The molecule has 0 aromatic heterocycles. The molecule has 1 fully saturated rings. The van der Waals surface area contributed by atoms with Crippen molar-refractivity contribution in [3.8, 4) is 11.5 Å². The number of carbonyl (C=O) groups excluding carboxylic acids is 2. The van der Waals surface area contributed by atoms with E-state index in [0.717, 1.165) is 24.2 Å². The van der Waals surface area contributed by atoms with Crippen molar-refractivity contribution in [3.05, 3.63) is 23.8 Å². The van der Waals surface area contributed by atoms with E-state index in [1.54, 1.807) is 0 Å². The Morgan fingerprint density at radius 3 is 2.52 bits per heavy atom. The molecule has 136 valence electrons. The van der Waals surface area contributed by atoms with Gasteiger partial charge in [-0.1, -0.05) is 25.3 Å². The highest BCUT2D eigenvalue weighted by atomic mass is 16.6. The lowest BCUT2D eigenvalue weighted by Crippen LogP contribution is -2.37. The Labute approximate surface area is 148 Å². The van der Waals surface area contributed by atoms with Gasteiger partial charge in [0, 0.05) is 13.0 Å². The van der Waals surface area contributed by atoms with Gasteiger partial charge >= 0.3 is 0 Å². The van der Waals surface area contributed by atoms with Crippen molar-refractivity contribution < 1.29 is 19.1 Å². The Kier molecular flexibility index (Phi) is 6.14. The van der Waals surface area contributed by atoms with Crippen molar-refractivity contribution >= 4 is 11.8 Å². The number of rotatable bonds is 6. The third-order valence-electron chi connectivity index (χ3n) is 4.74. The molecule has 6 heteroatoms. The average molecular weight is 346 g/mol. The van der Waals surface area contributed by atoms with Gasteiger partial charge in [0.15, 0.2) is 11.5 Å². The number of carbonyl (C=O) groups is 2. The first-order valence-corrected chi connectivity index (χ1v) is 9.12. The zero-order valence-corrected chi connectivity index (χ0v) is 14.5. The second-order valence-corrected chi connectivity index (χ2v) is 6.74. The number of hydrogen-bond donors (Lipinski definition) is 2. The van der Waals surface area contributed by atoms with Crippen LogP contribution in [0.25, 0.3) is 0 Å². The minimum Gasteiger partial charge on any atom is -0.486 e. The number of benzene rings is 1. The van der Waals surface area contributed by atoms with Gasteiger partial charge < -0.3 is 20.1 Å². The monoisotopic (exact) mass is 346 g/mol. The van der Waals surface area contributed by atoms with Gasteiger partial charge in [-0.15, -0.1) is 0 Å². The fraction of sp³-hybridized carbons (Fsp3) is 0.579. The number of nitrogens with one attached hydrogen (secondary N) is 2. The third kappa shape index (κ3) is 5.37. The summed E-state index contributed by atoms with van der Waals surface area (Å²) in [6, 6.07) is 5.62. The Balaban J connectivity index is 1.37. The van der Waals surface area contributed by atoms with E-state index >= 15 is 0 Å². The molecule has 1 aliphatic heterocycles. The largest absolute Gasteiger partial charge is 0.486 e. The lowest BCUT2D eigenvalue weighted by molar-refractivity contribution is -0.126. The van der Waals surface area contributed by atoms with Crippen molar-refractivity contribution in [2.45, 2.75) is 45.1 Å². The van der Waals surface area contributed by atoms with Crippen LogP contribution < -0.4 is 20.1 Å². The van der Waals surface area contributed by atoms with E-state index in [9.17, 15) is 9.59 Å². The number of ether oxygens (including phenoxy) is 2. The molecule has 0 unspecified atom stereocenters. The SMILES string of the molecule is O=C(CNC(=O)CC1CCCCC1)NCc1ccc2c(c1)OCCO2. The summed E-state index contributed by atoms with van der Waals surface area (Å²) >= 11 is 0. The predicted octanol–water partition coefficient (Wildman–Crippen LogP) is 2.16. The molecule has 0 spiro atoms. The zero-order chi connectivity index (χ0) is 17.5. The number of fused-ring (bicyclic) bond motifs is 1. The van der Waals surface area contributed by atoms with Crippen molar-refractivity contribution in [3.63, 3.8) is 0 Å². The first kappa shape index (κ1) is 17.6. The van der Waals surface area contributed by atoms with Crippen LogP contribution in [0.1, 0.15) is 44.1 Å². The maximum Gasteiger partial charge on any atom is 0.239 e. The molecule has 1 aromatic rings. The highest BCUT2D eigenvalue weighted by Gasteiger charge is 2.17. The van der Waals surface area contributed by atoms with Gasteiger partial charge in [0.25, 0.3) is 0 Å². The quantitative estimate of drug-likeness (QED) is 0.828. The van der Waals surface area contributed by atoms with E-state index in [2.05, 4.69) is 10.6 Å². The van der Waals surface area contributed by atoms with E-state index in [-0.39, 0.29) is 18.4 Å². The molecule has 1 saturated carbocycles. The first-order chi connectivity index (χ1) is 12.2. The fourth-order valence-corrected chi connectivity index (χ4v) is 3.37. The summed E-state index contributed by atoms with van der Waals surface area (Å²) in [6.07, 6.45) is 6.51. The Hall–Kier alpha value is -2.24. The van der Waals surface area contributed by atoms with Gasteiger partial charge in [-0.3, -0.25) is 9.59 Å². The zero-order valence-electron chi connectivity index (χ0n) is 14.5. The molecule has 2 N–H and O–H groups in total. The molecule has 2 aliphatic rings. The first-order valence-electron chi connectivity index (χ1n) is 9.12. The third-order valence-corrected chi connectivity index (χ3v) is 4.74. The maximum atomic E-state index is 11.9. The van der Waals surface area contributed by atoms with Crippen LogP contribution >= 0.6 is 0 Å². The lowest BCUT2D eigenvalue weighted by atomic mass is 9.87. The van der Waals surface area contributed by atoms with Gasteiger partial charge in [-0.2, -0.15) is 0 Å². The second kappa shape index (κ2) is 8.74. The molecule has 1 aliphatic carbocycles. The van der Waals surface area contributed by atoms with E-state index in [4.69, 9.17) is 9.47 Å². The fourth-order valence-electron chi connectivity index (χ4n) is 3.37. The molecule has 0 atom stereocenters. The van der Waals surface area contributed by atoms with Gasteiger partial charge in [0.1, 0.15) is 13.2 Å². The lowest BCUT2D eigenvalue weighted by Gasteiger charge is -2.20. The molecule has 1 aromatic carbocycles. The van der Waals surface area contributed by atoms with E-state index in [0.29, 0.717) is 37.8 Å². The summed E-state index contributed by atoms with van der Waals surface area (Å²) in [5.41, 5.74) is 0.936. The topological polar surface area (TPSA) is 76.7 Å². The van der Waals surface area contributed by atoms with Crippen LogP contribution in [0.15, 0.2) is 18.2 Å². The molecule has 3 rings (SSSR count). The maximum absolute atomic E-state index is 11.9. The number of amides is 2. The van der Waals surface area contributed by atoms with Crippen LogP contribution in [0.3, 0.4) is 0 Å². The summed E-state index contributed by atoms with van der Waals surface area (Å²) in [5.74, 6) is 1.71. The average Bonchev–Trinajstić information content (AvgIpc) is 2.65. The van der Waals surface area contributed by atoms with Crippen LogP contribution in [-0.4, -0.2) is 31.6 Å². The highest BCUT2D eigenvalue weighted by Crippen LogP contribution is 2.30. The second-order valence-electron chi connectivity index (χ2n) is 6.74. The minimum absolute atomic E-state index is 0.0239. The molecule has 0 bridgehead atoms. The van der Waals surface area contributed by atoms with E-state index in [1.807, 2.05) is 18.2 Å². The Bertz CT molecular complexity index is 611. The van der Waals surface area contributed by atoms with Crippen molar-refractivity contribution in [1.82, 2.24) is 10.6 Å². The molecule has 6 nitrogen and oxygen atoms in total. The van der Waals surface area contributed by atoms with Crippen molar-refractivity contribution in [2.24, 2.45) is 5.92 Å². The van der Waals surface area contributed by atoms with Crippen molar-refractivity contribution in [2.75, 3.05) is 19.8 Å². The van der Waals surface area contributed by atoms with Gasteiger partial charge in [0.05, 0.1) is 6.54 Å². The van der Waals surface area contributed by atoms with Crippen LogP contribution in [0.2, 0.25) is 0 Å². The van der Waals surface area contributed by atoms with E-state index < -0.39 is 0 Å². The molecule has 0 radical (unpaired) electrons. The molecule has 2 amide bonds. The predicted molar refractivity (Wildman–Crippen MR) is 93.5 cm³/mol. The van der Waals surface area contributed by atoms with Crippen LogP contribution in [0.4, 0.5) is 0 Å². The number of hydrogen-bond acceptors (Lipinski definition) is 4. The summed E-state index contributed by atoms with van der Waals surface area (Å²) in [4.78, 5) is 23.8. The highest BCUT2D eigenvalue weighted by molar-refractivity contribution is 5.84. The smallest absolute Gasteiger partial charge is 0.239 e. The molecular weight excluding hydrogens is 320 g/mol. The van der Waals surface area contributed by atoms with E-state index in [1.165, 1.54) is 19.3 Å². The minimum atomic E-state index is -0.188. The van der Waals surface area contributed by atoms with Crippen molar-refractivity contribution in [1.29, 1.82) is 0 Å².